The standard InChI is InChI=1S/C15H17NO3/c1-8-7-15(2,3)16-12-10(8)5-9(19-4)6-11(12)13(17)14(16)18/h5-7,13,17H,1-4H3. The number of carbonyl (C=O) groups excluding carboxylic acids is 1. The summed E-state index contributed by atoms with van der Waals surface area (Å²) in [5.74, 6) is 0.396. The van der Waals surface area contributed by atoms with Crippen molar-refractivity contribution in [1.82, 2.24) is 0 Å². The van der Waals surface area contributed by atoms with Crippen molar-refractivity contribution < 1.29 is 14.6 Å². The van der Waals surface area contributed by atoms with Gasteiger partial charge in [0.05, 0.1) is 18.3 Å². The van der Waals surface area contributed by atoms with Crippen LogP contribution in [0.4, 0.5) is 5.69 Å². The Morgan fingerprint density at radius 1 is 1.37 bits per heavy atom. The minimum absolute atomic E-state index is 0.266. The van der Waals surface area contributed by atoms with Crippen molar-refractivity contribution in [2.75, 3.05) is 12.0 Å². The topological polar surface area (TPSA) is 49.8 Å². The van der Waals surface area contributed by atoms with Gasteiger partial charge in [0, 0.05) is 11.1 Å². The molecule has 100 valence electrons. The molecule has 0 aliphatic carbocycles. The fraction of sp³-hybridized carbons (Fsp3) is 0.400. The van der Waals surface area contributed by atoms with E-state index in [1.807, 2.05) is 26.8 Å². The van der Waals surface area contributed by atoms with Gasteiger partial charge in [-0.2, -0.15) is 0 Å². The first-order valence-corrected chi connectivity index (χ1v) is 6.30. The van der Waals surface area contributed by atoms with Crippen molar-refractivity contribution in [3.63, 3.8) is 0 Å². The first-order chi connectivity index (χ1) is 8.86. The highest BCUT2D eigenvalue weighted by atomic mass is 16.5. The van der Waals surface area contributed by atoms with E-state index in [1.54, 1.807) is 18.1 Å². The van der Waals surface area contributed by atoms with Crippen molar-refractivity contribution in [1.29, 1.82) is 0 Å². The predicted molar refractivity (Wildman–Crippen MR) is 73.2 cm³/mol. The van der Waals surface area contributed by atoms with E-state index in [0.29, 0.717) is 11.3 Å². The van der Waals surface area contributed by atoms with Crippen molar-refractivity contribution >= 4 is 17.2 Å². The fourth-order valence-electron chi connectivity index (χ4n) is 3.12. The second-order valence-electron chi connectivity index (χ2n) is 5.67. The van der Waals surface area contributed by atoms with Gasteiger partial charge in [-0.3, -0.25) is 9.69 Å². The number of anilines is 1. The third-order valence-electron chi connectivity index (χ3n) is 3.89. The van der Waals surface area contributed by atoms with Crippen LogP contribution in [0.3, 0.4) is 0 Å². The molecule has 0 radical (unpaired) electrons. The average Bonchev–Trinajstić information content (AvgIpc) is 2.60. The third-order valence-corrected chi connectivity index (χ3v) is 3.89. The molecule has 19 heavy (non-hydrogen) atoms. The molecule has 1 aromatic carbocycles. The van der Waals surface area contributed by atoms with Crippen molar-refractivity contribution in [2.45, 2.75) is 32.4 Å². The van der Waals surface area contributed by atoms with E-state index in [4.69, 9.17) is 4.74 Å². The van der Waals surface area contributed by atoms with E-state index in [1.165, 1.54) is 0 Å². The fourth-order valence-corrected chi connectivity index (χ4v) is 3.12. The van der Waals surface area contributed by atoms with Crippen LogP contribution in [0, 0.1) is 0 Å². The van der Waals surface area contributed by atoms with Crippen LogP contribution in [0.1, 0.15) is 38.0 Å². The molecule has 0 bridgehead atoms. The molecule has 0 fully saturated rings. The van der Waals surface area contributed by atoms with E-state index in [-0.39, 0.29) is 5.91 Å². The van der Waals surface area contributed by atoms with Crippen LogP contribution in [0.5, 0.6) is 5.75 Å². The summed E-state index contributed by atoms with van der Waals surface area (Å²) < 4.78 is 5.26. The number of allylic oxidation sites excluding steroid dienone is 1. The first-order valence-electron chi connectivity index (χ1n) is 6.30. The quantitative estimate of drug-likeness (QED) is 0.841. The van der Waals surface area contributed by atoms with Gasteiger partial charge in [-0.1, -0.05) is 6.08 Å². The van der Waals surface area contributed by atoms with Crippen LogP contribution in [-0.2, 0) is 4.79 Å². The molecule has 2 aliphatic rings. The molecule has 0 saturated carbocycles. The number of nitrogens with zero attached hydrogens (tertiary/aromatic N) is 1. The normalized spacial score (nSPS) is 23.2. The second-order valence-corrected chi connectivity index (χ2v) is 5.67. The Balaban J connectivity index is 2.35. The molecule has 1 atom stereocenters. The largest absolute Gasteiger partial charge is 0.497 e. The predicted octanol–water partition coefficient (Wildman–Crippen LogP) is 2.27. The van der Waals surface area contributed by atoms with Gasteiger partial charge in [-0.15, -0.1) is 0 Å². The lowest BCUT2D eigenvalue weighted by Crippen LogP contribution is -2.47. The molecule has 2 heterocycles. The van der Waals surface area contributed by atoms with E-state index in [2.05, 4.69) is 6.08 Å². The molecule has 1 amide bonds. The lowest BCUT2D eigenvalue weighted by atomic mass is 9.89. The summed E-state index contributed by atoms with van der Waals surface area (Å²) in [6, 6.07) is 3.66. The van der Waals surface area contributed by atoms with Gasteiger partial charge in [0.25, 0.3) is 5.91 Å². The number of ether oxygens (including phenoxy) is 1. The Kier molecular flexibility index (Phi) is 2.32. The Hall–Kier alpha value is -1.81. The second kappa shape index (κ2) is 3.61. The van der Waals surface area contributed by atoms with Crippen LogP contribution < -0.4 is 9.64 Å². The minimum Gasteiger partial charge on any atom is -0.497 e. The Labute approximate surface area is 112 Å². The molecule has 0 saturated heterocycles. The van der Waals surface area contributed by atoms with Gasteiger partial charge >= 0.3 is 0 Å². The zero-order valence-corrected chi connectivity index (χ0v) is 11.5. The Bertz CT molecular complexity index is 616. The number of hydrogen-bond donors (Lipinski definition) is 1. The Morgan fingerprint density at radius 2 is 2.05 bits per heavy atom. The van der Waals surface area contributed by atoms with Crippen molar-refractivity contribution in [3.8, 4) is 5.75 Å². The molecule has 0 aromatic heterocycles. The Morgan fingerprint density at radius 3 is 2.68 bits per heavy atom. The third kappa shape index (κ3) is 1.46. The zero-order valence-electron chi connectivity index (χ0n) is 11.5. The van der Waals surface area contributed by atoms with E-state index in [0.717, 1.165) is 16.8 Å². The number of benzene rings is 1. The number of carbonyl (C=O) groups is 1. The van der Waals surface area contributed by atoms with E-state index < -0.39 is 11.6 Å². The summed E-state index contributed by atoms with van der Waals surface area (Å²) in [5.41, 5.74) is 3.09. The number of hydrogen-bond acceptors (Lipinski definition) is 3. The summed E-state index contributed by atoms with van der Waals surface area (Å²) in [4.78, 5) is 14.0. The molecular formula is C15H17NO3. The zero-order chi connectivity index (χ0) is 13.9. The van der Waals surface area contributed by atoms with Crippen LogP contribution >= 0.6 is 0 Å². The molecule has 1 unspecified atom stereocenters. The lowest BCUT2D eigenvalue weighted by Gasteiger charge is -2.38. The van der Waals surface area contributed by atoms with E-state index >= 15 is 0 Å². The first kappa shape index (κ1) is 12.2. The average molecular weight is 259 g/mol. The van der Waals surface area contributed by atoms with Gasteiger partial charge in [0.1, 0.15) is 5.75 Å². The molecule has 3 rings (SSSR count). The van der Waals surface area contributed by atoms with E-state index in [9.17, 15) is 9.90 Å². The molecule has 4 nitrogen and oxygen atoms in total. The van der Waals surface area contributed by atoms with Crippen LogP contribution in [0.2, 0.25) is 0 Å². The highest BCUT2D eigenvalue weighted by molar-refractivity contribution is 6.09. The molecule has 1 N–H and O–H groups in total. The number of aliphatic hydroxyl groups is 1. The molecule has 4 heteroatoms. The summed E-state index contributed by atoms with van der Waals surface area (Å²) in [5, 5.41) is 10.2. The molecular weight excluding hydrogens is 242 g/mol. The molecule has 2 aliphatic heterocycles. The number of methoxy groups -OCH3 is 1. The van der Waals surface area contributed by atoms with Gasteiger partial charge in [-0.25, -0.2) is 0 Å². The maximum atomic E-state index is 12.3. The number of amides is 1. The lowest BCUT2D eigenvalue weighted by molar-refractivity contribution is -0.126. The van der Waals surface area contributed by atoms with Gasteiger partial charge in [0.2, 0.25) is 0 Å². The molecule has 1 aromatic rings. The van der Waals surface area contributed by atoms with Crippen LogP contribution in [0.15, 0.2) is 18.2 Å². The van der Waals surface area contributed by atoms with Crippen molar-refractivity contribution in [3.05, 3.63) is 29.3 Å². The van der Waals surface area contributed by atoms with Crippen molar-refractivity contribution in [2.24, 2.45) is 0 Å². The summed E-state index contributed by atoms with van der Waals surface area (Å²) >= 11 is 0. The number of aliphatic hydroxyl groups excluding tert-OH is 1. The molecule has 0 spiro atoms. The maximum absolute atomic E-state index is 12.3. The maximum Gasteiger partial charge on any atom is 0.261 e. The highest BCUT2D eigenvalue weighted by Gasteiger charge is 2.46. The monoisotopic (exact) mass is 259 g/mol. The van der Waals surface area contributed by atoms with Gasteiger partial charge < -0.3 is 9.84 Å². The SMILES string of the molecule is COc1cc2c3c(c1)C(O)C(=O)N3C(C)(C)C=C2C. The summed E-state index contributed by atoms with van der Waals surface area (Å²) in [6.45, 7) is 5.97. The van der Waals surface area contributed by atoms with Gasteiger partial charge in [0.15, 0.2) is 6.10 Å². The van der Waals surface area contributed by atoms with Crippen LogP contribution in [-0.4, -0.2) is 23.7 Å². The highest BCUT2D eigenvalue weighted by Crippen LogP contribution is 2.49. The smallest absolute Gasteiger partial charge is 0.261 e. The van der Waals surface area contributed by atoms with Gasteiger partial charge in [-0.05, 0) is 38.5 Å². The summed E-state index contributed by atoms with van der Waals surface area (Å²) in [6.07, 6.45) is 0.955. The summed E-state index contributed by atoms with van der Waals surface area (Å²) in [7, 11) is 1.58. The van der Waals surface area contributed by atoms with Crippen LogP contribution in [0.25, 0.3) is 5.57 Å². The minimum atomic E-state index is -1.09. The number of rotatable bonds is 1.